The van der Waals surface area contributed by atoms with Crippen LogP contribution in [0.2, 0.25) is 0 Å². The van der Waals surface area contributed by atoms with Crippen LogP contribution < -0.4 is 20.2 Å². The molecule has 0 bridgehead atoms. The van der Waals surface area contributed by atoms with E-state index in [2.05, 4.69) is 37.1 Å². The number of halogens is 2. The van der Waals surface area contributed by atoms with Gasteiger partial charge in [-0.05, 0) is 74.4 Å². The van der Waals surface area contributed by atoms with Crippen molar-refractivity contribution in [1.29, 1.82) is 0 Å². The van der Waals surface area contributed by atoms with Gasteiger partial charge >= 0.3 is 5.69 Å². The number of aliphatic hydroxyl groups excluding tert-OH is 1. The lowest BCUT2D eigenvalue weighted by Gasteiger charge is -2.37. The molecule has 12 nitrogen and oxygen atoms in total. The molecule has 2 fully saturated rings. The normalized spacial score (nSPS) is 20.5. The monoisotopic (exact) mass is 700 g/mol. The first-order chi connectivity index (χ1) is 24.7. The first-order valence-corrected chi connectivity index (χ1v) is 17.3. The van der Waals surface area contributed by atoms with Gasteiger partial charge in [-0.25, -0.2) is 32.5 Å². The maximum absolute atomic E-state index is 15.0. The summed E-state index contributed by atoms with van der Waals surface area (Å²) in [5.41, 5.74) is 1.93. The van der Waals surface area contributed by atoms with E-state index < -0.39 is 23.3 Å². The summed E-state index contributed by atoms with van der Waals surface area (Å²) in [6.45, 7) is 7.97. The fourth-order valence-corrected chi connectivity index (χ4v) is 7.24. The van der Waals surface area contributed by atoms with Gasteiger partial charge in [-0.2, -0.15) is 10.2 Å². The van der Waals surface area contributed by atoms with Crippen molar-refractivity contribution in [3.63, 3.8) is 0 Å². The molecule has 5 aromatic rings. The molecule has 0 saturated carbocycles. The summed E-state index contributed by atoms with van der Waals surface area (Å²) in [6, 6.07) is 19.2. The van der Waals surface area contributed by atoms with E-state index in [-0.39, 0.29) is 24.2 Å². The van der Waals surface area contributed by atoms with E-state index >= 15 is 0 Å². The number of piperazine rings is 1. The van der Waals surface area contributed by atoms with Gasteiger partial charge in [-0.1, -0.05) is 13.0 Å². The second-order valence-corrected chi connectivity index (χ2v) is 13.3. The van der Waals surface area contributed by atoms with E-state index in [9.17, 15) is 18.7 Å². The summed E-state index contributed by atoms with van der Waals surface area (Å²) < 4.78 is 45.6. The van der Waals surface area contributed by atoms with Crippen LogP contribution in [0.25, 0.3) is 5.69 Å². The van der Waals surface area contributed by atoms with Crippen molar-refractivity contribution in [2.45, 2.75) is 51.0 Å². The van der Waals surface area contributed by atoms with Gasteiger partial charge in [-0.3, -0.25) is 0 Å². The molecule has 0 radical (unpaired) electrons. The fourth-order valence-electron chi connectivity index (χ4n) is 7.24. The Kier molecular flexibility index (Phi) is 9.87. The molecule has 1 N–H and O–H groups in total. The first-order valence-electron chi connectivity index (χ1n) is 17.3. The Morgan fingerprint density at radius 3 is 2.22 bits per heavy atom. The van der Waals surface area contributed by atoms with Crippen LogP contribution in [-0.4, -0.2) is 79.7 Å². The van der Waals surface area contributed by atoms with E-state index in [1.165, 1.54) is 34.0 Å². The van der Waals surface area contributed by atoms with Gasteiger partial charge in [0, 0.05) is 55.1 Å². The fraction of sp³-hybridized carbons (Fsp3) is 0.405. The van der Waals surface area contributed by atoms with Crippen molar-refractivity contribution in [3.05, 3.63) is 113 Å². The third-order valence-electron chi connectivity index (χ3n) is 9.96. The molecule has 2 aromatic heterocycles. The maximum atomic E-state index is 15.0. The first kappa shape index (κ1) is 34.4. The number of hydrogen-bond acceptors (Lipinski definition) is 9. The van der Waals surface area contributed by atoms with E-state index in [1.54, 1.807) is 17.9 Å². The summed E-state index contributed by atoms with van der Waals surface area (Å²) in [6.07, 6.45) is 4.88. The Hall–Kier alpha value is -5.08. The van der Waals surface area contributed by atoms with Crippen LogP contribution in [0.4, 0.5) is 20.2 Å². The minimum absolute atomic E-state index is 0.0121. The SMILES string of the molecule is CC[C@H]([C@H](C)O)n1ncn(-c2ccc(N3CCN(c4ccc(OC[C@@H]5CO[C@@](Cn6cncn6)(c6ccc(F)cc6F)C5)cc4)CC3)cc2)c1=O. The van der Waals surface area contributed by atoms with Crippen LogP contribution in [0.15, 0.2) is 90.5 Å². The zero-order valence-corrected chi connectivity index (χ0v) is 28.7. The molecule has 0 aliphatic carbocycles. The van der Waals surface area contributed by atoms with Crippen molar-refractivity contribution in [2.24, 2.45) is 5.92 Å². The lowest BCUT2D eigenvalue weighted by molar-refractivity contribution is -0.0206. The predicted molar refractivity (Wildman–Crippen MR) is 187 cm³/mol. The van der Waals surface area contributed by atoms with Crippen molar-refractivity contribution >= 4 is 11.4 Å². The highest BCUT2D eigenvalue weighted by molar-refractivity contribution is 5.54. The van der Waals surface area contributed by atoms with Crippen molar-refractivity contribution < 1.29 is 23.4 Å². The quantitative estimate of drug-likeness (QED) is 0.200. The van der Waals surface area contributed by atoms with Crippen LogP contribution in [0, 0.1) is 17.6 Å². The van der Waals surface area contributed by atoms with Gasteiger partial charge in [0.2, 0.25) is 0 Å². The molecule has 268 valence electrons. The molecule has 0 amide bonds. The van der Waals surface area contributed by atoms with Gasteiger partial charge < -0.3 is 24.4 Å². The molecule has 7 rings (SSSR count). The lowest BCUT2D eigenvalue weighted by atomic mass is 9.87. The highest BCUT2D eigenvalue weighted by Gasteiger charge is 2.44. The topological polar surface area (TPSA) is 116 Å². The molecular formula is C37H42F2N8O4. The summed E-state index contributed by atoms with van der Waals surface area (Å²) >= 11 is 0. The number of aromatic nitrogens is 6. The third kappa shape index (κ3) is 7.24. The summed E-state index contributed by atoms with van der Waals surface area (Å²) in [5, 5.41) is 18.5. The molecule has 4 atom stereocenters. The van der Waals surface area contributed by atoms with E-state index in [0.717, 1.165) is 55.1 Å². The van der Waals surface area contributed by atoms with Crippen LogP contribution in [-0.2, 0) is 16.9 Å². The average molecular weight is 701 g/mol. The van der Waals surface area contributed by atoms with E-state index in [0.29, 0.717) is 31.6 Å². The second kappa shape index (κ2) is 14.6. The molecule has 2 aliphatic heterocycles. The minimum Gasteiger partial charge on any atom is -0.493 e. The van der Waals surface area contributed by atoms with Gasteiger partial charge in [0.05, 0.1) is 37.6 Å². The van der Waals surface area contributed by atoms with Gasteiger partial charge in [0.15, 0.2) is 0 Å². The number of rotatable bonds is 12. The second-order valence-electron chi connectivity index (χ2n) is 13.3. The molecule has 3 aromatic carbocycles. The predicted octanol–water partition coefficient (Wildman–Crippen LogP) is 4.57. The molecule has 51 heavy (non-hydrogen) atoms. The Balaban J connectivity index is 0.923. The molecule has 0 spiro atoms. The Bertz CT molecular complexity index is 1960. The van der Waals surface area contributed by atoms with Crippen molar-refractivity contribution in [1.82, 2.24) is 29.1 Å². The third-order valence-corrected chi connectivity index (χ3v) is 9.96. The molecule has 4 heterocycles. The Morgan fingerprint density at radius 1 is 0.941 bits per heavy atom. The number of benzene rings is 3. The summed E-state index contributed by atoms with van der Waals surface area (Å²) in [7, 11) is 0. The molecule has 2 aliphatic rings. The highest BCUT2D eigenvalue weighted by Crippen LogP contribution is 2.42. The molecular weight excluding hydrogens is 658 g/mol. The van der Waals surface area contributed by atoms with Gasteiger partial charge in [-0.15, -0.1) is 0 Å². The Morgan fingerprint density at radius 2 is 1.61 bits per heavy atom. The maximum Gasteiger partial charge on any atom is 0.350 e. The number of anilines is 2. The van der Waals surface area contributed by atoms with Crippen LogP contribution >= 0.6 is 0 Å². The van der Waals surface area contributed by atoms with Gasteiger partial charge in [0.25, 0.3) is 0 Å². The zero-order chi connectivity index (χ0) is 35.5. The average Bonchev–Trinajstić information content (AvgIpc) is 3.90. The molecule has 0 unspecified atom stereocenters. The number of hydrogen-bond donors (Lipinski definition) is 1. The van der Waals surface area contributed by atoms with Crippen LogP contribution in [0.5, 0.6) is 5.75 Å². The van der Waals surface area contributed by atoms with Crippen molar-refractivity contribution in [2.75, 3.05) is 49.2 Å². The van der Waals surface area contributed by atoms with E-state index in [1.807, 2.05) is 43.3 Å². The molecule has 14 heteroatoms. The highest BCUT2D eigenvalue weighted by atomic mass is 19.1. The smallest absolute Gasteiger partial charge is 0.350 e. The number of ether oxygens (including phenoxy) is 2. The Labute approximate surface area is 294 Å². The summed E-state index contributed by atoms with van der Waals surface area (Å²) in [5.74, 6) is -0.563. The van der Waals surface area contributed by atoms with Crippen LogP contribution in [0.3, 0.4) is 0 Å². The number of nitrogens with zero attached hydrogens (tertiary/aromatic N) is 8. The summed E-state index contributed by atoms with van der Waals surface area (Å²) in [4.78, 5) is 21.7. The molecule has 2 saturated heterocycles. The van der Waals surface area contributed by atoms with Crippen LogP contribution in [0.1, 0.15) is 38.3 Å². The minimum atomic E-state index is -1.02. The van der Waals surface area contributed by atoms with Crippen molar-refractivity contribution in [3.8, 4) is 11.4 Å². The largest absolute Gasteiger partial charge is 0.493 e. The zero-order valence-electron chi connectivity index (χ0n) is 28.7. The number of aliphatic hydroxyl groups is 1. The lowest BCUT2D eigenvalue weighted by Crippen LogP contribution is -2.46. The standard InChI is InChI=1S/C37H42F2N8O4/c1-3-35(26(2)48)47-36(49)46(25-42-47)31-7-5-29(6-8-31)43-14-16-44(17-15-43)30-9-11-32(12-10-30)50-20-27-19-37(51-21-27,22-45-24-40-23-41-45)33-13-4-28(38)18-34(33)39/h4-13,18,23-27,35,48H,3,14-17,19-22H2,1-2H3/t26-,27+,35+,37-/m0/s1. The van der Waals surface area contributed by atoms with Gasteiger partial charge in [0.1, 0.15) is 42.0 Å². The van der Waals surface area contributed by atoms with E-state index in [4.69, 9.17) is 9.47 Å².